The van der Waals surface area contributed by atoms with E-state index >= 15 is 0 Å². The predicted molar refractivity (Wildman–Crippen MR) is 268 cm³/mol. The average molecular weight is 834 g/mol. The van der Waals surface area contributed by atoms with Gasteiger partial charge in [-0.05, 0) is 79.9 Å². The first-order valence-electron chi connectivity index (χ1n) is 21.5. The van der Waals surface area contributed by atoms with E-state index in [0.717, 1.165) is 71.3 Å². The van der Waals surface area contributed by atoms with Gasteiger partial charge in [-0.25, -0.2) is 15.0 Å². The lowest BCUT2D eigenvalue weighted by atomic mass is 9.93. The molecule has 0 unspecified atom stereocenters. The van der Waals surface area contributed by atoms with Crippen molar-refractivity contribution in [1.82, 2.24) is 15.0 Å². The number of nitrogens with zero attached hydrogens (tertiary/aromatic N) is 3. The molecule has 4 nitrogen and oxygen atoms in total. The summed E-state index contributed by atoms with van der Waals surface area (Å²) in [7, 11) is 0. The summed E-state index contributed by atoms with van der Waals surface area (Å²) in [5, 5.41) is 8.84. The zero-order chi connectivity index (χ0) is 42.1. The molecule has 64 heavy (non-hydrogen) atoms. The third-order valence-electron chi connectivity index (χ3n) is 12.5. The van der Waals surface area contributed by atoms with E-state index in [4.69, 9.17) is 19.4 Å². The Labute approximate surface area is 372 Å². The maximum absolute atomic E-state index is 7.19. The van der Waals surface area contributed by atoms with Gasteiger partial charge in [0.25, 0.3) is 0 Å². The lowest BCUT2D eigenvalue weighted by Crippen LogP contribution is -2.01. The molecule has 0 saturated heterocycles. The molecule has 3 aromatic heterocycles. The monoisotopic (exact) mass is 833 g/mol. The second kappa shape index (κ2) is 14.7. The van der Waals surface area contributed by atoms with E-state index < -0.39 is 0 Å². The van der Waals surface area contributed by atoms with Crippen molar-refractivity contribution in [3.8, 4) is 67.5 Å². The van der Waals surface area contributed by atoms with Crippen LogP contribution < -0.4 is 0 Å². The molecule has 10 aromatic carbocycles. The maximum Gasteiger partial charge on any atom is 0.168 e. The van der Waals surface area contributed by atoms with Gasteiger partial charge in [-0.15, -0.1) is 11.3 Å². The van der Waals surface area contributed by atoms with Gasteiger partial charge < -0.3 is 4.42 Å². The van der Waals surface area contributed by atoms with Crippen molar-refractivity contribution in [3.63, 3.8) is 0 Å². The quantitative estimate of drug-likeness (QED) is 0.167. The van der Waals surface area contributed by atoms with Crippen molar-refractivity contribution in [2.45, 2.75) is 0 Å². The zero-order valence-corrected chi connectivity index (χ0v) is 35.2. The molecular weight excluding hydrogens is 799 g/mol. The maximum atomic E-state index is 7.19. The van der Waals surface area contributed by atoms with Crippen LogP contribution in [0.15, 0.2) is 217 Å². The summed E-state index contributed by atoms with van der Waals surface area (Å²) in [5.41, 5.74) is 11.4. The molecule has 0 aliphatic heterocycles. The molecule has 0 spiro atoms. The molecule has 3 heterocycles. The fourth-order valence-corrected chi connectivity index (χ4v) is 10.7. The molecule has 0 N–H and O–H groups in total. The normalized spacial score (nSPS) is 11.8. The van der Waals surface area contributed by atoms with Crippen molar-refractivity contribution >= 4 is 75.0 Å². The Balaban J connectivity index is 1.04. The molecule has 5 heteroatoms. The highest BCUT2D eigenvalue weighted by atomic mass is 32.1. The Bertz CT molecular complexity index is 3950. The van der Waals surface area contributed by atoms with Crippen molar-refractivity contribution in [1.29, 1.82) is 0 Å². The Morgan fingerprint density at radius 2 is 0.922 bits per heavy atom. The highest BCUT2D eigenvalue weighted by molar-refractivity contribution is 7.26. The van der Waals surface area contributed by atoms with Crippen molar-refractivity contribution in [2.75, 3.05) is 0 Å². The van der Waals surface area contributed by atoms with Crippen LogP contribution in [0.4, 0.5) is 0 Å². The molecule has 0 aliphatic rings. The molecule has 0 fully saturated rings. The van der Waals surface area contributed by atoms with Crippen LogP contribution in [0.2, 0.25) is 0 Å². The van der Waals surface area contributed by atoms with Gasteiger partial charge in [-0.1, -0.05) is 182 Å². The van der Waals surface area contributed by atoms with E-state index in [1.807, 2.05) is 18.2 Å². The predicted octanol–water partition coefficient (Wildman–Crippen LogP) is 16.4. The van der Waals surface area contributed by atoms with Gasteiger partial charge in [0.1, 0.15) is 11.2 Å². The third kappa shape index (κ3) is 5.93. The van der Waals surface area contributed by atoms with Crippen LogP contribution in [0, 0.1) is 0 Å². The summed E-state index contributed by atoms with van der Waals surface area (Å²) in [4.78, 5) is 15.9. The van der Waals surface area contributed by atoms with E-state index in [2.05, 4.69) is 194 Å². The third-order valence-corrected chi connectivity index (χ3v) is 13.6. The lowest BCUT2D eigenvalue weighted by molar-refractivity contribution is 0.674. The summed E-state index contributed by atoms with van der Waals surface area (Å²) < 4.78 is 9.60. The van der Waals surface area contributed by atoms with Crippen LogP contribution in [0.25, 0.3) is 131 Å². The lowest BCUT2D eigenvalue weighted by Gasteiger charge is -2.11. The number of benzene rings is 10. The van der Waals surface area contributed by atoms with Crippen molar-refractivity contribution < 1.29 is 4.42 Å². The highest BCUT2D eigenvalue weighted by Crippen LogP contribution is 2.47. The SMILES string of the molecule is c1ccc(-c2cccc(-c3cccc4sc5cc(-c6nc(-c7ccccc7)nc(-c7c8ccccc8cc8c7oc7c9ccccc9cc(-c9ccccc9)c87)n6)ccc5c34)c2)cc1. The van der Waals surface area contributed by atoms with Crippen LogP contribution in [0.5, 0.6) is 0 Å². The fourth-order valence-electron chi connectivity index (χ4n) is 9.51. The van der Waals surface area contributed by atoms with Gasteiger partial charge in [0.2, 0.25) is 0 Å². The first-order valence-corrected chi connectivity index (χ1v) is 22.3. The number of thiophene rings is 1. The van der Waals surface area contributed by atoms with Gasteiger partial charge in [0.05, 0.1) is 5.56 Å². The second-order valence-corrected chi connectivity index (χ2v) is 17.4. The first-order chi connectivity index (χ1) is 31.7. The molecule has 0 bridgehead atoms. The molecule has 0 saturated carbocycles. The summed E-state index contributed by atoms with van der Waals surface area (Å²) in [6.45, 7) is 0. The Morgan fingerprint density at radius 1 is 0.312 bits per heavy atom. The average Bonchev–Trinajstić information content (AvgIpc) is 3.95. The van der Waals surface area contributed by atoms with Crippen LogP contribution >= 0.6 is 11.3 Å². The number of furan rings is 1. The van der Waals surface area contributed by atoms with E-state index in [0.29, 0.717) is 17.5 Å². The van der Waals surface area contributed by atoms with Crippen LogP contribution in [0.1, 0.15) is 0 Å². The smallest absolute Gasteiger partial charge is 0.168 e. The Morgan fingerprint density at radius 3 is 1.70 bits per heavy atom. The molecule has 13 rings (SSSR count). The summed E-state index contributed by atoms with van der Waals surface area (Å²) in [5.74, 6) is 1.77. The van der Waals surface area contributed by atoms with Gasteiger partial charge in [0, 0.05) is 47.5 Å². The number of hydrogen-bond donors (Lipinski definition) is 0. The molecule has 298 valence electrons. The van der Waals surface area contributed by atoms with E-state index in [1.54, 1.807) is 11.3 Å². The van der Waals surface area contributed by atoms with Crippen LogP contribution in [0.3, 0.4) is 0 Å². The molecule has 0 amide bonds. The van der Waals surface area contributed by atoms with E-state index in [-0.39, 0.29) is 0 Å². The standard InChI is InChI=1S/C59H35N3OS/c1-4-16-36(17-5-1)39-24-14-25-40(32-39)44-28-15-29-50-52(44)47-31-30-43(35-51(47)64-50)58-60-57(38-20-8-3-9-21-38)61-59(62-58)54-45-26-12-10-22-41(45)34-49-53-48(37-18-6-2-7-19-37)33-42-23-11-13-27-46(42)55(53)63-56(49)54/h1-35H. The second-order valence-electron chi connectivity index (χ2n) is 16.3. The van der Waals surface area contributed by atoms with Crippen LogP contribution in [-0.2, 0) is 0 Å². The minimum atomic E-state index is 0.562. The number of aromatic nitrogens is 3. The highest BCUT2D eigenvalue weighted by Gasteiger charge is 2.24. The Hall–Kier alpha value is -8.25. The molecule has 0 aliphatic carbocycles. The van der Waals surface area contributed by atoms with Gasteiger partial charge >= 0.3 is 0 Å². The van der Waals surface area contributed by atoms with E-state index in [1.165, 1.54) is 42.4 Å². The molecule has 0 atom stereocenters. The van der Waals surface area contributed by atoms with E-state index in [9.17, 15) is 0 Å². The van der Waals surface area contributed by atoms with Crippen molar-refractivity contribution in [2.24, 2.45) is 0 Å². The minimum absolute atomic E-state index is 0.562. The number of hydrogen-bond acceptors (Lipinski definition) is 5. The van der Waals surface area contributed by atoms with Crippen LogP contribution in [-0.4, -0.2) is 15.0 Å². The Kier molecular flexibility index (Phi) is 8.36. The first kappa shape index (κ1) is 36.4. The summed E-state index contributed by atoms with van der Waals surface area (Å²) in [6.07, 6.45) is 0. The summed E-state index contributed by atoms with van der Waals surface area (Å²) in [6, 6.07) is 75.0. The number of rotatable bonds is 6. The topological polar surface area (TPSA) is 51.8 Å². The fraction of sp³-hybridized carbons (Fsp3) is 0. The van der Waals surface area contributed by atoms with Gasteiger partial charge in [-0.3, -0.25) is 0 Å². The number of fused-ring (bicyclic) bond motifs is 9. The van der Waals surface area contributed by atoms with Gasteiger partial charge in [0.15, 0.2) is 17.5 Å². The summed E-state index contributed by atoms with van der Waals surface area (Å²) >= 11 is 1.80. The minimum Gasteiger partial charge on any atom is -0.455 e. The molecule has 13 aromatic rings. The van der Waals surface area contributed by atoms with Gasteiger partial charge in [-0.2, -0.15) is 0 Å². The zero-order valence-electron chi connectivity index (χ0n) is 34.4. The molecular formula is C59H35N3OS. The largest absolute Gasteiger partial charge is 0.455 e. The molecule has 0 radical (unpaired) electrons. The van der Waals surface area contributed by atoms with Crippen molar-refractivity contribution in [3.05, 3.63) is 212 Å².